The number of amides is 1. The zero-order valence-corrected chi connectivity index (χ0v) is 14.6. The van der Waals surface area contributed by atoms with E-state index >= 15 is 0 Å². The third-order valence-electron chi connectivity index (χ3n) is 3.10. The lowest BCUT2D eigenvalue weighted by Crippen LogP contribution is -2.28. The lowest BCUT2D eigenvalue weighted by Gasteiger charge is -2.12. The van der Waals surface area contributed by atoms with Crippen LogP contribution in [0.4, 0.5) is 5.13 Å². The van der Waals surface area contributed by atoms with Crippen LogP contribution in [0.5, 0.6) is 0 Å². The first-order valence-electron chi connectivity index (χ1n) is 7.31. The predicted molar refractivity (Wildman–Crippen MR) is 97.2 cm³/mol. The summed E-state index contributed by atoms with van der Waals surface area (Å²) in [6.45, 7) is 7.02. The molecular formula is C16H20N4OS2. The normalized spacial score (nSPS) is 11.7. The molecule has 0 radical (unpaired) electrons. The maximum atomic E-state index is 11.9. The fourth-order valence-corrected chi connectivity index (χ4v) is 3.43. The van der Waals surface area contributed by atoms with Crippen molar-refractivity contribution >= 4 is 34.1 Å². The van der Waals surface area contributed by atoms with E-state index in [1.54, 1.807) is 6.08 Å². The summed E-state index contributed by atoms with van der Waals surface area (Å²) in [4.78, 5) is 11.9. The van der Waals surface area contributed by atoms with Crippen molar-refractivity contribution < 1.29 is 4.79 Å². The number of aromatic nitrogens is 2. The van der Waals surface area contributed by atoms with Gasteiger partial charge in [0.25, 0.3) is 0 Å². The molecule has 1 amide bonds. The molecule has 0 bridgehead atoms. The summed E-state index contributed by atoms with van der Waals surface area (Å²) in [6.07, 6.45) is 1.76. The Balaban J connectivity index is 1.70. The molecule has 122 valence electrons. The van der Waals surface area contributed by atoms with Crippen molar-refractivity contribution in [2.45, 2.75) is 17.2 Å². The number of benzene rings is 1. The highest BCUT2D eigenvalue weighted by Crippen LogP contribution is 2.25. The first-order valence-corrected chi connectivity index (χ1v) is 9.12. The third kappa shape index (κ3) is 6.03. The molecule has 0 spiro atoms. The molecular weight excluding hydrogens is 328 g/mol. The standard InChI is InChI=1S/C16H20N4OS2/c1-3-9-17-15-19-20-16(23-15)22-11-14(21)18-10-12(2)13-7-5-4-6-8-13/h3-8,12H,1,9-11H2,2H3,(H,17,19)(H,18,21)/t12-/m1/s1. The van der Waals surface area contributed by atoms with Crippen molar-refractivity contribution in [3.05, 3.63) is 48.6 Å². The van der Waals surface area contributed by atoms with E-state index in [0.717, 1.165) is 9.47 Å². The van der Waals surface area contributed by atoms with Gasteiger partial charge in [-0.2, -0.15) is 0 Å². The number of hydrogen-bond donors (Lipinski definition) is 2. The lowest BCUT2D eigenvalue weighted by atomic mass is 10.0. The second-order valence-corrected chi connectivity index (χ2v) is 7.15. The van der Waals surface area contributed by atoms with Crippen molar-refractivity contribution in [1.29, 1.82) is 0 Å². The first kappa shape index (κ1) is 17.5. The first-order chi connectivity index (χ1) is 11.2. The fraction of sp³-hybridized carbons (Fsp3) is 0.312. The van der Waals surface area contributed by atoms with E-state index in [9.17, 15) is 4.79 Å². The van der Waals surface area contributed by atoms with Crippen LogP contribution in [0.1, 0.15) is 18.4 Å². The highest BCUT2D eigenvalue weighted by Gasteiger charge is 2.10. The lowest BCUT2D eigenvalue weighted by molar-refractivity contribution is -0.118. The molecule has 0 unspecified atom stereocenters. The summed E-state index contributed by atoms with van der Waals surface area (Å²) >= 11 is 2.84. The van der Waals surface area contributed by atoms with Gasteiger partial charge < -0.3 is 10.6 Å². The average molecular weight is 348 g/mol. The molecule has 0 aliphatic carbocycles. The van der Waals surface area contributed by atoms with Crippen molar-refractivity contribution in [2.75, 3.05) is 24.2 Å². The van der Waals surface area contributed by atoms with Crippen LogP contribution >= 0.6 is 23.1 Å². The zero-order valence-electron chi connectivity index (χ0n) is 13.0. The topological polar surface area (TPSA) is 66.9 Å². The molecule has 0 saturated carbocycles. The molecule has 1 atom stereocenters. The Labute approximate surface area is 144 Å². The van der Waals surface area contributed by atoms with Crippen LogP contribution in [0.25, 0.3) is 0 Å². The molecule has 2 aromatic rings. The Kier molecular flexibility index (Phi) is 7.09. The van der Waals surface area contributed by atoms with Gasteiger partial charge >= 0.3 is 0 Å². The van der Waals surface area contributed by atoms with Crippen LogP contribution in [0.3, 0.4) is 0 Å². The minimum atomic E-state index is 0.00795. The largest absolute Gasteiger partial charge is 0.357 e. The molecule has 1 aromatic carbocycles. The highest BCUT2D eigenvalue weighted by molar-refractivity contribution is 8.01. The van der Waals surface area contributed by atoms with Crippen molar-refractivity contribution in [3.63, 3.8) is 0 Å². The minimum Gasteiger partial charge on any atom is -0.357 e. The number of carbonyl (C=O) groups excluding carboxylic acids is 1. The maximum Gasteiger partial charge on any atom is 0.230 e. The summed E-state index contributed by atoms with van der Waals surface area (Å²) in [5.74, 6) is 0.646. The Hall–Kier alpha value is -1.86. The molecule has 23 heavy (non-hydrogen) atoms. The predicted octanol–water partition coefficient (Wildman–Crippen LogP) is 3.15. The number of nitrogens with zero attached hydrogens (tertiary/aromatic N) is 2. The number of hydrogen-bond acceptors (Lipinski definition) is 6. The van der Waals surface area contributed by atoms with Gasteiger partial charge in [0.1, 0.15) is 0 Å². The monoisotopic (exact) mass is 348 g/mol. The summed E-state index contributed by atoms with van der Waals surface area (Å²) in [6, 6.07) is 10.2. The third-order valence-corrected chi connectivity index (χ3v) is 5.12. The number of anilines is 1. The van der Waals surface area contributed by atoms with Gasteiger partial charge in [-0.15, -0.1) is 16.8 Å². The molecule has 5 nitrogen and oxygen atoms in total. The SMILES string of the molecule is C=CCNc1nnc(SCC(=O)NC[C@@H](C)c2ccccc2)s1. The number of carbonyl (C=O) groups is 1. The van der Waals surface area contributed by atoms with E-state index in [2.05, 4.69) is 46.5 Å². The number of rotatable bonds is 9. The average Bonchev–Trinajstić information content (AvgIpc) is 3.04. The molecule has 0 aliphatic rings. The maximum absolute atomic E-state index is 11.9. The van der Waals surface area contributed by atoms with Crippen LogP contribution in [0, 0.1) is 0 Å². The van der Waals surface area contributed by atoms with Gasteiger partial charge in [-0.3, -0.25) is 4.79 Å². The van der Waals surface area contributed by atoms with E-state index < -0.39 is 0 Å². The summed E-state index contributed by atoms with van der Waals surface area (Å²) in [5.41, 5.74) is 1.22. The van der Waals surface area contributed by atoms with E-state index in [1.165, 1.54) is 28.7 Å². The molecule has 0 fully saturated rings. The quantitative estimate of drug-likeness (QED) is 0.538. The van der Waals surface area contributed by atoms with Gasteiger partial charge in [0.15, 0.2) is 4.34 Å². The Morgan fingerprint density at radius 3 is 2.91 bits per heavy atom. The van der Waals surface area contributed by atoms with Gasteiger partial charge in [0, 0.05) is 13.1 Å². The summed E-state index contributed by atoms with van der Waals surface area (Å²) < 4.78 is 0.780. The van der Waals surface area contributed by atoms with Crippen LogP contribution < -0.4 is 10.6 Å². The van der Waals surface area contributed by atoms with E-state index in [0.29, 0.717) is 24.8 Å². The van der Waals surface area contributed by atoms with Gasteiger partial charge in [0.05, 0.1) is 5.75 Å². The van der Waals surface area contributed by atoms with Crippen molar-refractivity contribution in [1.82, 2.24) is 15.5 Å². The molecule has 1 aromatic heterocycles. The van der Waals surface area contributed by atoms with Gasteiger partial charge in [-0.05, 0) is 11.5 Å². The number of thioether (sulfide) groups is 1. The van der Waals surface area contributed by atoms with Crippen molar-refractivity contribution in [2.24, 2.45) is 0 Å². The molecule has 2 rings (SSSR count). The molecule has 1 heterocycles. The van der Waals surface area contributed by atoms with Crippen LogP contribution in [-0.4, -0.2) is 34.9 Å². The summed E-state index contributed by atoms with van der Waals surface area (Å²) in [5, 5.41) is 14.8. The highest BCUT2D eigenvalue weighted by atomic mass is 32.2. The van der Waals surface area contributed by atoms with Crippen LogP contribution in [0.2, 0.25) is 0 Å². The van der Waals surface area contributed by atoms with E-state index in [-0.39, 0.29) is 5.91 Å². The molecule has 2 N–H and O–H groups in total. The Morgan fingerprint density at radius 1 is 1.39 bits per heavy atom. The van der Waals surface area contributed by atoms with Gasteiger partial charge in [-0.1, -0.05) is 66.4 Å². The van der Waals surface area contributed by atoms with E-state index in [1.807, 2.05) is 18.2 Å². The molecule has 7 heteroatoms. The van der Waals surface area contributed by atoms with Gasteiger partial charge in [0.2, 0.25) is 11.0 Å². The number of nitrogens with one attached hydrogen (secondary N) is 2. The smallest absolute Gasteiger partial charge is 0.230 e. The second-order valence-electron chi connectivity index (χ2n) is 4.95. The molecule has 0 aliphatic heterocycles. The minimum absolute atomic E-state index is 0.00795. The Morgan fingerprint density at radius 2 is 2.17 bits per heavy atom. The van der Waals surface area contributed by atoms with Crippen molar-refractivity contribution in [3.8, 4) is 0 Å². The van der Waals surface area contributed by atoms with E-state index in [4.69, 9.17) is 0 Å². The zero-order chi connectivity index (χ0) is 16.5. The van der Waals surface area contributed by atoms with Gasteiger partial charge in [-0.25, -0.2) is 0 Å². The second kappa shape index (κ2) is 9.32. The summed E-state index contributed by atoms with van der Waals surface area (Å²) in [7, 11) is 0. The Bertz CT molecular complexity index is 630. The van der Waals surface area contributed by atoms with Crippen LogP contribution in [-0.2, 0) is 4.79 Å². The fourth-order valence-electron chi connectivity index (χ4n) is 1.84. The van der Waals surface area contributed by atoms with Crippen LogP contribution in [0.15, 0.2) is 47.3 Å². The molecule has 0 saturated heterocycles.